The van der Waals surface area contributed by atoms with Gasteiger partial charge in [0.2, 0.25) is 0 Å². The summed E-state index contributed by atoms with van der Waals surface area (Å²) in [5, 5.41) is 14.6. The molecule has 0 saturated carbocycles. The molecule has 0 unspecified atom stereocenters. The first-order valence-corrected chi connectivity index (χ1v) is 6.13. The van der Waals surface area contributed by atoms with Crippen molar-refractivity contribution in [3.05, 3.63) is 11.9 Å². The van der Waals surface area contributed by atoms with E-state index in [2.05, 4.69) is 32.5 Å². The normalized spacial score (nSPS) is 17.2. The number of hydrogen-bond acceptors (Lipinski definition) is 6. The van der Waals surface area contributed by atoms with Gasteiger partial charge >= 0.3 is 0 Å². The highest BCUT2D eigenvalue weighted by atomic mass is 15.1. The van der Waals surface area contributed by atoms with Crippen molar-refractivity contribution in [3.63, 3.8) is 0 Å². The molecule has 6 nitrogen and oxygen atoms in total. The monoisotopic (exact) mass is 246 g/mol. The smallest absolute Gasteiger partial charge is 0.182 e. The molecule has 1 fully saturated rings. The van der Waals surface area contributed by atoms with E-state index >= 15 is 0 Å². The molecule has 0 radical (unpaired) electrons. The number of piperidine rings is 1. The van der Waals surface area contributed by atoms with Crippen molar-refractivity contribution in [1.29, 1.82) is 5.26 Å². The average molecular weight is 246 g/mol. The summed E-state index contributed by atoms with van der Waals surface area (Å²) in [6, 6.07) is 2.22. The summed E-state index contributed by atoms with van der Waals surface area (Å²) in [5.41, 5.74) is 0. The Morgan fingerprint density at radius 3 is 2.67 bits per heavy atom. The van der Waals surface area contributed by atoms with E-state index in [0.29, 0.717) is 17.7 Å². The highest BCUT2D eigenvalue weighted by Crippen LogP contribution is 2.16. The molecule has 0 bridgehead atoms. The summed E-state index contributed by atoms with van der Waals surface area (Å²) in [7, 11) is 2.14. The Bertz CT molecular complexity index is 444. The molecule has 1 aromatic rings. The van der Waals surface area contributed by atoms with Crippen molar-refractivity contribution < 1.29 is 0 Å². The molecule has 2 N–H and O–H groups in total. The van der Waals surface area contributed by atoms with Crippen molar-refractivity contribution in [3.8, 4) is 6.19 Å². The van der Waals surface area contributed by atoms with Crippen LogP contribution in [0.15, 0.2) is 6.07 Å². The van der Waals surface area contributed by atoms with Gasteiger partial charge < -0.3 is 10.2 Å². The van der Waals surface area contributed by atoms with Crippen LogP contribution in [0.2, 0.25) is 0 Å². The third-order valence-corrected chi connectivity index (χ3v) is 3.09. The number of aryl methyl sites for hydroxylation is 1. The third-order valence-electron chi connectivity index (χ3n) is 3.09. The van der Waals surface area contributed by atoms with E-state index in [4.69, 9.17) is 5.26 Å². The Kier molecular flexibility index (Phi) is 3.95. The predicted octanol–water partition coefficient (Wildman–Crippen LogP) is 1.18. The van der Waals surface area contributed by atoms with Crippen LogP contribution in [0.5, 0.6) is 0 Å². The van der Waals surface area contributed by atoms with Crippen molar-refractivity contribution in [2.45, 2.75) is 25.8 Å². The number of nitrogens with zero attached hydrogens (tertiary/aromatic N) is 4. The second-order valence-electron chi connectivity index (χ2n) is 4.64. The fourth-order valence-corrected chi connectivity index (χ4v) is 2.13. The molecule has 96 valence electrons. The van der Waals surface area contributed by atoms with E-state index in [0.717, 1.165) is 31.7 Å². The summed E-state index contributed by atoms with van der Waals surface area (Å²) >= 11 is 0. The number of rotatable bonds is 3. The van der Waals surface area contributed by atoms with Gasteiger partial charge in [-0.1, -0.05) is 0 Å². The van der Waals surface area contributed by atoms with E-state index in [1.54, 1.807) is 6.07 Å². The van der Waals surface area contributed by atoms with Crippen LogP contribution in [0.1, 0.15) is 18.7 Å². The average Bonchev–Trinajstić information content (AvgIpc) is 2.32. The van der Waals surface area contributed by atoms with E-state index < -0.39 is 0 Å². The molecule has 2 heterocycles. The number of hydrogen-bond donors (Lipinski definition) is 2. The van der Waals surface area contributed by atoms with Crippen LogP contribution < -0.4 is 10.6 Å². The maximum atomic E-state index is 8.60. The zero-order chi connectivity index (χ0) is 13.0. The lowest BCUT2D eigenvalue weighted by Crippen LogP contribution is -2.36. The van der Waals surface area contributed by atoms with E-state index in [1.807, 2.05) is 13.1 Å². The van der Waals surface area contributed by atoms with Gasteiger partial charge in [-0.25, -0.2) is 9.97 Å². The molecule has 0 amide bonds. The Labute approximate surface area is 107 Å². The largest absolute Gasteiger partial charge is 0.367 e. The number of aromatic nitrogens is 2. The van der Waals surface area contributed by atoms with E-state index in [-0.39, 0.29) is 0 Å². The van der Waals surface area contributed by atoms with Crippen molar-refractivity contribution in [2.75, 3.05) is 30.8 Å². The highest BCUT2D eigenvalue weighted by Gasteiger charge is 2.17. The van der Waals surface area contributed by atoms with Crippen molar-refractivity contribution in [2.24, 2.45) is 0 Å². The van der Waals surface area contributed by atoms with Gasteiger partial charge in [-0.3, -0.25) is 5.32 Å². The predicted molar refractivity (Wildman–Crippen MR) is 70.1 cm³/mol. The first-order chi connectivity index (χ1) is 8.67. The minimum atomic E-state index is 0.449. The Balaban J connectivity index is 2.02. The van der Waals surface area contributed by atoms with Gasteiger partial charge in [0.15, 0.2) is 6.19 Å². The third kappa shape index (κ3) is 3.31. The van der Waals surface area contributed by atoms with Gasteiger partial charge in [-0.15, -0.1) is 0 Å². The maximum absolute atomic E-state index is 8.60. The van der Waals surface area contributed by atoms with Crippen LogP contribution >= 0.6 is 0 Å². The van der Waals surface area contributed by atoms with Crippen LogP contribution in [0.4, 0.5) is 11.6 Å². The van der Waals surface area contributed by atoms with Gasteiger partial charge in [0.05, 0.1) is 0 Å². The standard InChI is InChI=1S/C12H18N6/c1-9-15-11(14-8-13)7-12(16-9)17-10-3-5-18(2)6-4-10/h7,10H,3-6H2,1-2H3,(H2,14,15,16,17). The minimum absolute atomic E-state index is 0.449. The van der Waals surface area contributed by atoms with Gasteiger partial charge in [0.1, 0.15) is 17.5 Å². The first kappa shape index (κ1) is 12.6. The Morgan fingerprint density at radius 2 is 2.00 bits per heavy atom. The van der Waals surface area contributed by atoms with Crippen LogP contribution in [0.3, 0.4) is 0 Å². The molecule has 0 aromatic carbocycles. The van der Waals surface area contributed by atoms with Gasteiger partial charge in [-0.2, -0.15) is 5.26 Å². The molecule has 1 aliphatic heterocycles. The van der Waals surface area contributed by atoms with E-state index in [1.165, 1.54) is 0 Å². The van der Waals surface area contributed by atoms with Gasteiger partial charge in [0.25, 0.3) is 0 Å². The van der Waals surface area contributed by atoms with Crippen molar-refractivity contribution in [1.82, 2.24) is 14.9 Å². The Hall–Kier alpha value is -1.87. The number of likely N-dealkylation sites (tertiary alicyclic amines) is 1. The number of anilines is 2. The topological polar surface area (TPSA) is 76.9 Å². The van der Waals surface area contributed by atoms with Gasteiger partial charge in [-0.05, 0) is 39.9 Å². The van der Waals surface area contributed by atoms with Crippen LogP contribution in [-0.4, -0.2) is 41.0 Å². The highest BCUT2D eigenvalue weighted by molar-refractivity contribution is 5.49. The number of nitriles is 1. The summed E-state index contributed by atoms with van der Waals surface area (Å²) in [5.74, 6) is 1.99. The fraction of sp³-hybridized carbons (Fsp3) is 0.583. The number of nitrogens with one attached hydrogen (secondary N) is 2. The maximum Gasteiger partial charge on any atom is 0.182 e. The quantitative estimate of drug-likeness (QED) is 0.616. The molecule has 18 heavy (non-hydrogen) atoms. The molecule has 1 aliphatic rings. The zero-order valence-corrected chi connectivity index (χ0v) is 10.8. The molecule has 2 rings (SSSR count). The second-order valence-corrected chi connectivity index (χ2v) is 4.64. The molecule has 0 spiro atoms. The van der Waals surface area contributed by atoms with Crippen LogP contribution in [0.25, 0.3) is 0 Å². The van der Waals surface area contributed by atoms with E-state index in [9.17, 15) is 0 Å². The second kappa shape index (κ2) is 5.65. The summed E-state index contributed by atoms with van der Waals surface area (Å²) in [6.07, 6.45) is 4.10. The molecular formula is C12H18N6. The first-order valence-electron chi connectivity index (χ1n) is 6.13. The lowest BCUT2D eigenvalue weighted by atomic mass is 10.1. The summed E-state index contributed by atoms with van der Waals surface area (Å²) in [6.45, 7) is 4.03. The molecule has 1 aromatic heterocycles. The SMILES string of the molecule is Cc1nc(NC#N)cc(NC2CCN(C)CC2)n1. The van der Waals surface area contributed by atoms with Crippen LogP contribution in [-0.2, 0) is 0 Å². The molecular weight excluding hydrogens is 228 g/mol. The van der Waals surface area contributed by atoms with Gasteiger partial charge in [0, 0.05) is 12.1 Å². The minimum Gasteiger partial charge on any atom is -0.367 e. The molecule has 6 heteroatoms. The van der Waals surface area contributed by atoms with Crippen LogP contribution in [0, 0.1) is 18.4 Å². The van der Waals surface area contributed by atoms with Crippen molar-refractivity contribution >= 4 is 11.6 Å². The lowest BCUT2D eigenvalue weighted by Gasteiger charge is -2.29. The lowest BCUT2D eigenvalue weighted by molar-refractivity contribution is 0.263. The molecule has 0 atom stereocenters. The molecule has 1 saturated heterocycles. The summed E-state index contributed by atoms with van der Waals surface area (Å²) in [4.78, 5) is 10.8. The zero-order valence-electron chi connectivity index (χ0n) is 10.8. The fourth-order valence-electron chi connectivity index (χ4n) is 2.13. The Morgan fingerprint density at radius 1 is 1.33 bits per heavy atom. The molecule has 0 aliphatic carbocycles. The summed E-state index contributed by atoms with van der Waals surface area (Å²) < 4.78 is 0.